The van der Waals surface area contributed by atoms with Crippen LogP contribution in [0, 0.1) is 0 Å². The molecule has 0 atom stereocenters. The molecule has 1 aromatic carbocycles. The fourth-order valence-electron chi connectivity index (χ4n) is 3.62. The molecule has 1 fully saturated rings. The van der Waals surface area contributed by atoms with Gasteiger partial charge >= 0.3 is 0 Å². The number of halogens is 1. The lowest BCUT2D eigenvalue weighted by atomic mass is 10.1. The Morgan fingerprint density at radius 3 is 2.56 bits per heavy atom. The number of hydrogen-bond acceptors (Lipinski definition) is 4. The Balaban J connectivity index is 0.00000363. The predicted molar refractivity (Wildman–Crippen MR) is 139 cm³/mol. The average molecular weight is 553 g/mol. The second-order valence-electron chi connectivity index (χ2n) is 7.95. The average Bonchev–Trinajstić information content (AvgIpc) is 3.31. The van der Waals surface area contributed by atoms with E-state index in [-0.39, 0.29) is 29.9 Å². The number of rotatable bonds is 10. The molecule has 0 aliphatic carbocycles. The number of nitrogens with one attached hydrogen (secondary N) is 3. The van der Waals surface area contributed by atoms with Crippen LogP contribution in [0.25, 0.3) is 0 Å². The molecule has 2 heterocycles. The van der Waals surface area contributed by atoms with Crippen molar-refractivity contribution >= 4 is 35.8 Å². The summed E-state index contributed by atoms with van der Waals surface area (Å²) in [5.41, 5.74) is 1.18. The smallest absolute Gasteiger partial charge is 0.234 e. The van der Waals surface area contributed by atoms with E-state index >= 15 is 0 Å². The topological polar surface area (TPSA) is 81.9 Å². The number of piperidine rings is 1. The summed E-state index contributed by atoms with van der Waals surface area (Å²) in [5, 5.41) is 10.00. The Labute approximate surface area is 208 Å². The molecule has 176 valence electrons. The van der Waals surface area contributed by atoms with Crippen LogP contribution in [0.15, 0.2) is 58.1 Å². The van der Waals surface area contributed by atoms with Gasteiger partial charge in [0.25, 0.3) is 0 Å². The van der Waals surface area contributed by atoms with Crippen molar-refractivity contribution in [3.8, 4) is 0 Å². The normalized spacial score (nSPS) is 15.1. The van der Waals surface area contributed by atoms with Gasteiger partial charge in [-0.15, -0.1) is 24.0 Å². The number of furan rings is 1. The van der Waals surface area contributed by atoms with Crippen LogP contribution in [0.2, 0.25) is 0 Å². The molecule has 0 saturated carbocycles. The van der Waals surface area contributed by atoms with Gasteiger partial charge in [0.1, 0.15) is 5.76 Å². The predicted octanol–water partition coefficient (Wildman–Crippen LogP) is 3.17. The number of amides is 1. The van der Waals surface area contributed by atoms with Gasteiger partial charge in [0, 0.05) is 38.6 Å². The second kappa shape index (κ2) is 14.9. The number of hydrogen-bond donors (Lipinski definition) is 3. The van der Waals surface area contributed by atoms with Crippen LogP contribution in [0.3, 0.4) is 0 Å². The largest absolute Gasteiger partial charge is 0.469 e. The van der Waals surface area contributed by atoms with Crippen LogP contribution < -0.4 is 16.0 Å². The molecular formula is C24H36IN5O2. The molecule has 7 nitrogen and oxygen atoms in total. The van der Waals surface area contributed by atoms with E-state index in [2.05, 4.69) is 39.9 Å². The third-order valence-electron chi connectivity index (χ3n) is 5.37. The molecule has 3 rings (SSSR count). The van der Waals surface area contributed by atoms with E-state index < -0.39 is 0 Å². The standard InChI is InChI=1S/C24H35N5O2.HI/c1-2-13-25-23(30)19-29-15-11-21(12-16-29)28-24(26-14-10-22-9-6-17-31-22)27-18-20-7-4-3-5-8-20;/h3-9,17,21H,2,10-16,18-19H2,1H3,(H,25,30)(H2,26,27,28);1H. The first kappa shape index (κ1) is 26.2. The minimum atomic E-state index is 0. The van der Waals surface area contributed by atoms with Gasteiger partial charge in [-0.2, -0.15) is 0 Å². The van der Waals surface area contributed by atoms with Crippen LogP contribution in [-0.2, 0) is 17.8 Å². The highest BCUT2D eigenvalue weighted by molar-refractivity contribution is 14.0. The molecule has 0 spiro atoms. The van der Waals surface area contributed by atoms with E-state index in [1.165, 1.54) is 5.56 Å². The lowest BCUT2D eigenvalue weighted by molar-refractivity contribution is -0.122. The number of guanidine groups is 1. The first-order valence-electron chi connectivity index (χ1n) is 11.3. The third kappa shape index (κ3) is 9.60. The number of benzene rings is 1. The zero-order valence-electron chi connectivity index (χ0n) is 18.9. The molecule has 1 aliphatic heterocycles. The van der Waals surface area contributed by atoms with E-state index in [0.717, 1.165) is 63.6 Å². The van der Waals surface area contributed by atoms with E-state index in [4.69, 9.17) is 9.41 Å². The second-order valence-corrected chi connectivity index (χ2v) is 7.95. The zero-order chi connectivity index (χ0) is 21.7. The summed E-state index contributed by atoms with van der Waals surface area (Å²) in [4.78, 5) is 19.0. The Hall–Kier alpha value is -2.07. The van der Waals surface area contributed by atoms with E-state index in [1.807, 2.05) is 30.3 Å². The van der Waals surface area contributed by atoms with E-state index in [0.29, 0.717) is 19.1 Å². The maximum absolute atomic E-state index is 12.0. The number of likely N-dealkylation sites (tertiary alicyclic amines) is 1. The maximum Gasteiger partial charge on any atom is 0.234 e. The molecule has 32 heavy (non-hydrogen) atoms. The molecule has 1 aromatic heterocycles. The Kier molecular flexibility index (Phi) is 12.2. The van der Waals surface area contributed by atoms with Crippen molar-refractivity contribution in [3.63, 3.8) is 0 Å². The van der Waals surface area contributed by atoms with Gasteiger partial charge < -0.3 is 20.4 Å². The minimum Gasteiger partial charge on any atom is -0.469 e. The molecule has 0 radical (unpaired) electrons. The van der Waals surface area contributed by atoms with Gasteiger partial charge in [-0.3, -0.25) is 9.69 Å². The molecule has 3 N–H and O–H groups in total. The van der Waals surface area contributed by atoms with E-state index in [9.17, 15) is 4.79 Å². The van der Waals surface area contributed by atoms with Crippen LogP contribution in [0.5, 0.6) is 0 Å². The molecule has 8 heteroatoms. The summed E-state index contributed by atoms with van der Waals surface area (Å²) in [5.74, 6) is 1.91. The number of aliphatic imine (C=N–C) groups is 1. The summed E-state index contributed by atoms with van der Waals surface area (Å²) in [6, 6.07) is 14.5. The van der Waals surface area contributed by atoms with Gasteiger partial charge in [-0.25, -0.2) is 4.99 Å². The van der Waals surface area contributed by atoms with Gasteiger partial charge in [0.2, 0.25) is 5.91 Å². The highest BCUT2D eigenvalue weighted by Gasteiger charge is 2.21. The summed E-state index contributed by atoms with van der Waals surface area (Å²) in [6.07, 6.45) is 5.46. The van der Waals surface area contributed by atoms with Crippen molar-refractivity contribution in [3.05, 3.63) is 60.1 Å². The van der Waals surface area contributed by atoms with Gasteiger partial charge in [-0.05, 0) is 37.0 Å². The fraction of sp³-hybridized carbons (Fsp3) is 0.500. The van der Waals surface area contributed by atoms with Gasteiger partial charge in [0.05, 0.1) is 19.4 Å². The number of nitrogens with zero attached hydrogens (tertiary/aromatic N) is 2. The van der Waals surface area contributed by atoms with Crippen molar-refractivity contribution in [1.29, 1.82) is 0 Å². The molecule has 1 aliphatic rings. The minimum absolute atomic E-state index is 0. The SMILES string of the molecule is CCCNC(=O)CN1CCC(NC(=NCc2ccccc2)NCCc2ccco2)CC1.I. The zero-order valence-corrected chi connectivity index (χ0v) is 21.2. The summed E-state index contributed by atoms with van der Waals surface area (Å²) >= 11 is 0. The Bertz CT molecular complexity index is 790. The third-order valence-corrected chi connectivity index (χ3v) is 5.37. The van der Waals surface area contributed by atoms with Crippen LogP contribution >= 0.6 is 24.0 Å². The summed E-state index contributed by atoms with van der Waals surface area (Å²) in [7, 11) is 0. The lowest BCUT2D eigenvalue weighted by Gasteiger charge is -2.32. The van der Waals surface area contributed by atoms with Crippen molar-refractivity contribution < 1.29 is 9.21 Å². The van der Waals surface area contributed by atoms with Gasteiger partial charge in [-0.1, -0.05) is 37.3 Å². The van der Waals surface area contributed by atoms with Crippen molar-refractivity contribution in [1.82, 2.24) is 20.9 Å². The summed E-state index contributed by atoms with van der Waals surface area (Å²) in [6.45, 7) is 6.52. The van der Waals surface area contributed by atoms with Crippen molar-refractivity contribution in [2.45, 2.75) is 45.2 Å². The first-order chi connectivity index (χ1) is 15.2. The molecule has 0 unspecified atom stereocenters. The highest BCUT2D eigenvalue weighted by Crippen LogP contribution is 2.10. The molecule has 1 amide bonds. The molecule has 0 bridgehead atoms. The summed E-state index contributed by atoms with van der Waals surface area (Å²) < 4.78 is 5.42. The van der Waals surface area contributed by atoms with E-state index in [1.54, 1.807) is 6.26 Å². The quantitative estimate of drug-likeness (QED) is 0.239. The lowest BCUT2D eigenvalue weighted by Crippen LogP contribution is -2.50. The Morgan fingerprint density at radius 1 is 1.09 bits per heavy atom. The highest BCUT2D eigenvalue weighted by atomic mass is 127. The van der Waals surface area contributed by atoms with Crippen molar-refractivity contribution in [2.24, 2.45) is 4.99 Å². The number of carbonyl (C=O) groups excluding carboxylic acids is 1. The molecule has 2 aromatic rings. The van der Waals surface area contributed by atoms with Crippen LogP contribution in [-0.4, -0.2) is 55.5 Å². The van der Waals surface area contributed by atoms with Crippen LogP contribution in [0.4, 0.5) is 0 Å². The first-order valence-corrected chi connectivity index (χ1v) is 11.3. The van der Waals surface area contributed by atoms with Crippen LogP contribution in [0.1, 0.15) is 37.5 Å². The maximum atomic E-state index is 12.0. The van der Waals surface area contributed by atoms with Crippen molar-refractivity contribution in [2.75, 3.05) is 32.7 Å². The van der Waals surface area contributed by atoms with Gasteiger partial charge in [0.15, 0.2) is 5.96 Å². The molecule has 1 saturated heterocycles. The number of carbonyl (C=O) groups is 1. The fourth-order valence-corrected chi connectivity index (χ4v) is 3.62. The Morgan fingerprint density at radius 2 is 1.88 bits per heavy atom. The molecular weight excluding hydrogens is 517 g/mol. The monoisotopic (exact) mass is 553 g/mol.